The van der Waals surface area contributed by atoms with Crippen molar-refractivity contribution < 1.29 is 0 Å². The molecule has 2 nitrogen and oxygen atoms in total. The van der Waals surface area contributed by atoms with Crippen LogP contribution in [0.15, 0.2) is 11.4 Å². The Balaban J connectivity index is 1.84. The van der Waals surface area contributed by atoms with Crippen LogP contribution in [-0.2, 0) is 12.9 Å². The molecule has 0 bridgehead atoms. The van der Waals surface area contributed by atoms with Gasteiger partial charge in [-0.2, -0.15) is 0 Å². The molecule has 2 rings (SSSR count). The number of hydrogen-bond donors (Lipinski definition) is 0. The summed E-state index contributed by atoms with van der Waals surface area (Å²) >= 11 is 7.61. The highest BCUT2D eigenvalue weighted by atomic mass is 35.5. The molecule has 1 saturated carbocycles. The highest BCUT2D eigenvalue weighted by molar-refractivity contribution is 7.99. The number of imidazole rings is 1. The predicted molar refractivity (Wildman–Crippen MR) is 60.8 cm³/mol. The fourth-order valence-corrected chi connectivity index (χ4v) is 2.73. The Hall–Kier alpha value is -0.150. The van der Waals surface area contributed by atoms with Crippen molar-refractivity contribution in [1.29, 1.82) is 0 Å². The monoisotopic (exact) mass is 230 g/mol. The summed E-state index contributed by atoms with van der Waals surface area (Å²) in [5.74, 6) is 2.75. The molecule has 0 radical (unpaired) electrons. The molecule has 14 heavy (non-hydrogen) atoms. The van der Waals surface area contributed by atoms with Gasteiger partial charge in [0.2, 0.25) is 0 Å². The van der Waals surface area contributed by atoms with Crippen molar-refractivity contribution >= 4 is 23.4 Å². The van der Waals surface area contributed by atoms with E-state index in [4.69, 9.17) is 11.6 Å². The zero-order chi connectivity index (χ0) is 9.97. The Bertz CT molecular complexity index is 307. The number of thioether (sulfide) groups is 1. The number of hydrogen-bond acceptors (Lipinski definition) is 2. The average molecular weight is 231 g/mol. The second kappa shape index (κ2) is 4.58. The maximum Gasteiger partial charge on any atom is 0.167 e. The largest absolute Gasteiger partial charge is 0.325 e. The minimum atomic E-state index is 0.548. The average Bonchev–Trinajstić information content (AvgIpc) is 2.93. The Morgan fingerprint density at radius 2 is 2.43 bits per heavy atom. The van der Waals surface area contributed by atoms with Gasteiger partial charge >= 0.3 is 0 Å². The molecule has 0 amide bonds. The fourth-order valence-electron chi connectivity index (χ4n) is 1.41. The summed E-state index contributed by atoms with van der Waals surface area (Å²) in [6.07, 6.45) is 6.09. The Morgan fingerprint density at radius 1 is 1.64 bits per heavy atom. The zero-order valence-corrected chi connectivity index (χ0v) is 9.94. The van der Waals surface area contributed by atoms with Gasteiger partial charge in [0.25, 0.3) is 0 Å². The van der Waals surface area contributed by atoms with Gasteiger partial charge in [0.05, 0.1) is 17.8 Å². The number of aromatic nitrogens is 2. The van der Waals surface area contributed by atoms with E-state index in [1.165, 1.54) is 25.0 Å². The minimum Gasteiger partial charge on any atom is -0.325 e. The number of halogens is 1. The lowest BCUT2D eigenvalue weighted by atomic mass is 10.3. The van der Waals surface area contributed by atoms with Crippen molar-refractivity contribution in [2.24, 2.45) is 13.0 Å². The molecule has 78 valence electrons. The van der Waals surface area contributed by atoms with Crippen LogP contribution in [0.2, 0.25) is 0 Å². The van der Waals surface area contributed by atoms with Gasteiger partial charge < -0.3 is 4.57 Å². The van der Waals surface area contributed by atoms with Gasteiger partial charge in [0, 0.05) is 12.8 Å². The van der Waals surface area contributed by atoms with Gasteiger partial charge in [-0.1, -0.05) is 24.6 Å². The molecular formula is C10H15ClN2S. The summed E-state index contributed by atoms with van der Waals surface area (Å²) in [5, 5.41) is 1.10. The summed E-state index contributed by atoms with van der Waals surface area (Å²) in [7, 11) is 2.03. The van der Waals surface area contributed by atoms with Crippen LogP contribution in [0.3, 0.4) is 0 Å². The van der Waals surface area contributed by atoms with E-state index in [-0.39, 0.29) is 0 Å². The van der Waals surface area contributed by atoms with Crippen molar-refractivity contribution in [2.45, 2.75) is 30.3 Å². The van der Waals surface area contributed by atoms with Gasteiger partial charge in [-0.3, -0.25) is 0 Å². The van der Waals surface area contributed by atoms with E-state index in [2.05, 4.69) is 9.55 Å². The number of nitrogens with zero attached hydrogens (tertiary/aromatic N) is 2. The van der Waals surface area contributed by atoms with Crippen LogP contribution in [0.25, 0.3) is 0 Å². The molecule has 0 atom stereocenters. The van der Waals surface area contributed by atoms with Gasteiger partial charge in [-0.15, -0.1) is 11.6 Å². The van der Waals surface area contributed by atoms with Crippen LogP contribution in [0, 0.1) is 5.92 Å². The Morgan fingerprint density at radius 3 is 3.00 bits per heavy atom. The van der Waals surface area contributed by atoms with Crippen LogP contribution < -0.4 is 0 Å². The first-order valence-corrected chi connectivity index (χ1v) is 6.52. The van der Waals surface area contributed by atoms with E-state index in [0.717, 1.165) is 16.8 Å². The van der Waals surface area contributed by atoms with Gasteiger partial charge in [-0.05, 0) is 12.3 Å². The van der Waals surface area contributed by atoms with Crippen LogP contribution >= 0.6 is 23.4 Å². The lowest BCUT2D eigenvalue weighted by molar-refractivity contribution is 0.755. The third-order valence-electron chi connectivity index (χ3n) is 2.63. The second-order valence-electron chi connectivity index (χ2n) is 3.81. The van der Waals surface area contributed by atoms with Crippen molar-refractivity contribution in [3.63, 3.8) is 0 Å². The third-order valence-corrected chi connectivity index (χ3v) is 3.98. The number of rotatable bonds is 5. The van der Waals surface area contributed by atoms with E-state index in [1.54, 1.807) is 0 Å². The van der Waals surface area contributed by atoms with Crippen LogP contribution in [0.5, 0.6) is 0 Å². The van der Waals surface area contributed by atoms with E-state index in [9.17, 15) is 0 Å². The van der Waals surface area contributed by atoms with Gasteiger partial charge in [0.1, 0.15) is 0 Å². The maximum absolute atomic E-state index is 5.77. The zero-order valence-electron chi connectivity index (χ0n) is 8.37. The van der Waals surface area contributed by atoms with Gasteiger partial charge in [0.15, 0.2) is 5.16 Å². The summed E-state index contributed by atoms with van der Waals surface area (Å²) in [5.41, 5.74) is 1.10. The molecule has 0 spiro atoms. The highest BCUT2D eigenvalue weighted by Crippen LogP contribution is 2.34. The molecule has 0 N–H and O–H groups in total. The normalized spacial score (nSPS) is 16.1. The SMILES string of the molecule is Cn1c(CCl)cnc1SCCC1CC1. The standard InChI is InChI=1S/C10H15ClN2S/c1-13-9(6-11)7-12-10(13)14-5-4-8-2-3-8/h7-8H,2-6H2,1H3. The second-order valence-corrected chi connectivity index (χ2v) is 5.13. The van der Waals surface area contributed by atoms with Crippen molar-refractivity contribution in [2.75, 3.05) is 5.75 Å². The van der Waals surface area contributed by atoms with Crippen LogP contribution in [0.1, 0.15) is 25.0 Å². The molecule has 1 aliphatic carbocycles. The lowest BCUT2D eigenvalue weighted by Gasteiger charge is -2.02. The van der Waals surface area contributed by atoms with Crippen LogP contribution in [-0.4, -0.2) is 15.3 Å². The van der Waals surface area contributed by atoms with E-state index in [1.807, 2.05) is 25.0 Å². The summed E-state index contributed by atoms with van der Waals surface area (Å²) in [6.45, 7) is 0. The fraction of sp³-hybridized carbons (Fsp3) is 0.700. The number of alkyl halides is 1. The summed E-state index contributed by atoms with van der Waals surface area (Å²) in [4.78, 5) is 4.35. The molecule has 1 fully saturated rings. The molecule has 1 aromatic heterocycles. The minimum absolute atomic E-state index is 0.548. The molecule has 1 aromatic rings. The molecule has 1 aliphatic rings. The molecule has 4 heteroatoms. The van der Waals surface area contributed by atoms with Crippen LogP contribution in [0.4, 0.5) is 0 Å². The van der Waals surface area contributed by atoms with Crippen molar-refractivity contribution in [3.05, 3.63) is 11.9 Å². The summed E-state index contributed by atoms with van der Waals surface area (Å²) in [6, 6.07) is 0. The molecule has 0 aliphatic heterocycles. The van der Waals surface area contributed by atoms with E-state index in [0.29, 0.717) is 5.88 Å². The van der Waals surface area contributed by atoms with E-state index < -0.39 is 0 Å². The lowest BCUT2D eigenvalue weighted by Crippen LogP contribution is -1.96. The van der Waals surface area contributed by atoms with Gasteiger partial charge in [-0.25, -0.2) is 4.98 Å². The molecule has 0 saturated heterocycles. The molecular weight excluding hydrogens is 216 g/mol. The first-order valence-electron chi connectivity index (χ1n) is 5.00. The molecule has 1 heterocycles. The third kappa shape index (κ3) is 2.45. The topological polar surface area (TPSA) is 17.8 Å². The Kier molecular flexibility index (Phi) is 3.39. The first kappa shape index (κ1) is 10.4. The van der Waals surface area contributed by atoms with Crippen molar-refractivity contribution in [1.82, 2.24) is 9.55 Å². The summed E-state index contributed by atoms with van der Waals surface area (Å²) < 4.78 is 2.09. The van der Waals surface area contributed by atoms with E-state index >= 15 is 0 Å². The maximum atomic E-state index is 5.77. The van der Waals surface area contributed by atoms with Crippen molar-refractivity contribution in [3.8, 4) is 0 Å². The first-order chi connectivity index (χ1) is 6.81. The Labute approximate surface area is 94.0 Å². The quantitative estimate of drug-likeness (QED) is 0.572. The molecule has 0 unspecified atom stereocenters. The predicted octanol–water partition coefficient (Wildman–Crippen LogP) is 3.05. The molecule has 0 aromatic carbocycles. The smallest absolute Gasteiger partial charge is 0.167 e. The highest BCUT2D eigenvalue weighted by Gasteiger charge is 2.20.